The van der Waals surface area contributed by atoms with Gasteiger partial charge in [0.25, 0.3) is 5.91 Å². The predicted molar refractivity (Wildman–Crippen MR) is 81.0 cm³/mol. The third kappa shape index (κ3) is 3.60. The van der Waals surface area contributed by atoms with Crippen LogP contribution in [0.2, 0.25) is 0 Å². The lowest BCUT2D eigenvalue weighted by atomic mass is 10.1. The van der Waals surface area contributed by atoms with Gasteiger partial charge >= 0.3 is 0 Å². The van der Waals surface area contributed by atoms with Crippen molar-refractivity contribution in [1.82, 2.24) is 0 Å². The molecule has 0 unspecified atom stereocenters. The van der Waals surface area contributed by atoms with E-state index in [-0.39, 0.29) is 5.91 Å². The molecule has 0 bridgehead atoms. The van der Waals surface area contributed by atoms with Crippen LogP contribution in [0.1, 0.15) is 19.4 Å². The van der Waals surface area contributed by atoms with Crippen molar-refractivity contribution < 1.29 is 9.53 Å². The van der Waals surface area contributed by atoms with E-state index in [1.807, 2.05) is 54.6 Å². The average Bonchev–Trinajstić information content (AvgIpc) is 2.48. The van der Waals surface area contributed by atoms with E-state index in [2.05, 4.69) is 12.2 Å². The number of aryl methyl sites for hydroxylation is 1. The summed E-state index contributed by atoms with van der Waals surface area (Å²) in [5.74, 6) is 0.550. The average molecular weight is 269 g/mol. The Labute approximate surface area is 119 Å². The SMILES string of the molecule is CCc1ccccc1NC(=O)[C@H](C)Oc1ccccc1. The third-order valence-electron chi connectivity index (χ3n) is 3.08. The van der Waals surface area contributed by atoms with Gasteiger partial charge in [0, 0.05) is 5.69 Å². The number of hydrogen-bond acceptors (Lipinski definition) is 2. The molecule has 0 aliphatic carbocycles. The van der Waals surface area contributed by atoms with E-state index in [4.69, 9.17) is 4.74 Å². The van der Waals surface area contributed by atoms with Crippen molar-refractivity contribution in [1.29, 1.82) is 0 Å². The highest BCUT2D eigenvalue weighted by atomic mass is 16.5. The highest BCUT2D eigenvalue weighted by Gasteiger charge is 2.15. The van der Waals surface area contributed by atoms with Crippen molar-refractivity contribution in [2.24, 2.45) is 0 Å². The van der Waals surface area contributed by atoms with Gasteiger partial charge in [-0.1, -0.05) is 43.3 Å². The Bertz CT molecular complexity index is 566. The van der Waals surface area contributed by atoms with Crippen LogP contribution in [0.15, 0.2) is 54.6 Å². The van der Waals surface area contributed by atoms with E-state index in [0.717, 1.165) is 17.7 Å². The maximum atomic E-state index is 12.1. The summed E-state index contributed by atoms with van der Waals surface area (Å²) in [6.45, 7) is 3.81. The number of hydrogen-bond donors (Lipinski definition) is 1. The molecule has 1 atom stereocenters. The van der Waals surface area contributed by atoms with Crippen molar-refractivity contribution in [3.8, 4) is 5.75 Å². The largest absolute Gasteiger partial charge is 0.481 e. The van der Waals surface area contributed by atoms with Crippen molar-refractivity contribution >= 4 is 11.6 Å². The van der Waals surface area contributed by atoms with E-state index in [9.17, 15) is 4.79 Å². The highest BCUT2D eigenvalue weighted by molar-refractivity contribution is 5.94. The van der Waals surface area contributed by atoms with Gasteiger partial charge in [-0.3, -0.25) is 4.79 Å². The van der Waals surface area contributed by atoms with Crippen molar-refractivity contribution in [2.45, 2.75) is 26.4 Å². The number of anilines is 1. The van der Waals surface area contributed by atoms with Crippen LogP contribution in [-0.2, 0) is 11.2 Å². The standard InChI is InChI=1S/C17H19NO2/c1-3-14-9-7-8-12-16(14)18-17(19)13(2)20-15-10-5-4-6-11-15/h4-13H,3H2,1-2H3,(H,18,19)/t13-/m0/s1. The van der Waals surface area contributed by atoms with E-state index in [1.54, 1.807) is 6.92 Å². The van der Waals surface area contributed by atoms with Crippen LogP contribution in [0.3, 0.4) is 0 Å². The van der Waals surface area contributed by atoms with E-state index < -0.39 is 6.10 Å². The van der Waals surface area contributed by atoms with E-state index in [0.29, 0.717) is 5.75 Å². The van der Waals surface area contributed by atoms with Gasteiger partial charge in [-0.2, -0.15) is 0 Å². The number of benzene rings is 2. The minimum Gasteiger partial charge on any atom is -0.481 e. The van der Waals surface area contributed by atoms with Crippen molar-refractivity contribution in [3.05, 3.63) is 60.2 Å². The molecule has 104 valence electrons. The fourth-order valence-electron chi connectivity index (χ4n) is 1.94. The van der Waals surface area contributed by atoms with Crippen LogP contribution in [0.5, 0.6) is 5.75 Å². The lowest BCUT2D eigenvalue weighted by molar-refractivity contribution is -0.122. The minimum atomic E-state index is -0.540. The number of rotatable bonds is 5. The Morgan fingerprint density at radius 1 is 1.10 bits per heavy atom. The first-order chi connectivity index (χ1) is 9.70. The van der Waals surface area contributed by atoms with Crippen LogP contribution in [0.25, 0.3) is 0 Å². The fourth-order valence-corrected chi connectivity index (χ4v) is 1.94. The number of carbonyl (C=O) groups is 1. The van der Waals surface area contributed by atoms with Gasteiger partial charge in [-0.15, -0.1) is 0 Å². The molecular formula is C17H19NO2. The summed E-state index contributed by atoms with van der Waals surface area (Å²) >= 11 is 0. The van der Waals surface area contributed by atoms with Gasteiger partial charge in [0.05, 0.1) is 0 Å². The van der Waals surface area contributed by atoms with E-state index >= 15 is 0 Å². The fraction of sp³-hybridized carbons (Fsp3) is 0.235. The van der Waals surface area contributed by atoms with Crippen LogP contribution in [-0.4, -0.2) is 12.0 Å². The zero-order chi connectivity index (χ0) is 14.4. The molecule has 1 N–H and O–H groups in total. The summed E-state index contributed by atoms with van der Waals surface area (Å²) in [5.41, 5.74) is 1.97. The molecule has 2 aromatic rings. The molecule has 2 rings (SSSR count). The summed E-state index contributed by atoms with van der Waals surface area (Å²) in [6, 6.07) is 17.2. The van der Waals surface area contributed by atoms with E-state index in [1.165, 1.54) is 0 Å². The second kappa shape index (κ2) is 6.75. The second-order valence-corrected chi connectivity index (χ2v) is 4.57. The molecule has 1 amide bonds. The molecule has 3 nitrogen and oxygen atoms in total. The van der Waals surface area contributed by atoms with Gasteiger partial charge < -0.3 is 10.1 Å². The van der Waals surface area contributed by atoms with Crippen LogP contribution in [0, 0.1) is 0 Å². The van der Waals surface area contributed by atoms with Crippen molar-refractivity contribution in [3.63, 3.8) is 0 Å². The molecule has 3 heteroatoms. The maximum Gasteiger partial charge on any atom is 0.265 e. The quantitative estimate of drug-likeness (QED) is 0.899. The monoisotopic (exact) mass is 269 g/mol. The zero-order valence-electron chi connectivity index (χ0n) is 11.8. The summed E-state index contributed by atoms with van der Waals surface area (Å²) in [7, 11) is 0. The van der Waals surface area contributed by atoms with Gasteiger partial charge in [-0.25, -0.2) is 0 Å². The Morgan fingerprint density at radius 3 is 2.45 bits per heavy atom. The Hall–Kier alpha value is -2.29. The zero-order valence-corrected chi connectivity index (χ0v) is 11.8. The number of amides is 1. The molecule has 0 saturated carbocycles. The second-order valence-electron chi connectivity index (χ2n) is 4.57. The van der Waals surface area contributed by atoms with Crippen LogP contribution < -0.4 is 10.1 Å². The van der Waals surface area contributed by atoms with Gasteiger partial charge in [-0.05, 0) is 37.1 Å². The lowest BCUT2D eigenvalue weighted by Gasteiger charge is -2.16. The summed E-state index contributed by atoms with van der Waals surface area (Å²) in [6.07, 6.45) is 0.340. The predicted octanol–water partition coefficient (Wildman–Crippen LogP) is 3.66. The normalized spacial score (nSPS) is 11.7. The first-order valence-corrected chi connectivity index (χ1v) is 6.81. The summed E-state index contributed by atoms with van der Waals surface area (Å²) < 4.78 is 5.61. The number of ether oxygens (including phenoxy) is 1. The molecule has 20 heavy (non-hydrogen) atoms. The molecule has 0 saturated heterocycles. The summed E-state index contributed by atoms with van der Waals surface area (Å²) in [4.78, 5) is 12.1. The molecule has 0 spiro atoms. The Morgan fingerprint density at radius 2 is 1.75 bits per heavy atom. The van der Waals surface area contributed by atoms with Gasteiger partial charge in [0.1, 0.15) is 5.75 Å². The van der Waals surface area contributed by atoms with Crippen LogP contribution >= 0.6 is 0 Å². The number of para-hydroxylation sites is 2. The molecule has 0 radical (unpaired) electrons. The Kier molecular flexibility index (Phi) is 4.77. The minimum absolute atomic E-state index is 0.144. The molecule has 0 aliphatic rings. The first-order valence-electron chi connectivity index (χ1n) is 6.81. The van der Waals surface area contributed by atoms with Crippen LogP contribution in [0.4, 0.5) is 5.69 Å². The molecule has 0 fully saturated rings. The van der Waals surface area contributed by atoms with Crippen molar-refractivity contribution in [2.75, 3.05) is 5.32 Å². The van der Waals surface area contributed by atoms with Gasteiger partial charge in [0.15, 0.2) is 6.10 Å². The molecule has 0 aliphatic heterocycles. The summed E-state index contributed by atoms with van der Waals surface area (Å²) in [5, 5.41) is 2.92. The third-order valence-corrected chi connectivity index (χ3v) is 3.08. The smallest absolute Gasteiger partial charge is 0.265 e. The lowest BCUT2D eigenvalue weighted by Crippen LogP contribution is -2.30. The first kappa shape index (κ1) is 14.1. The maximum absolute atomic E-state index is 12.1. The topological polar surface area (TPSA) is 38.3 Å². The number of carbonyl (C=O) groups excluding carboxylic acids is 1. The number of nitrogens with one attached hydrogen (secondary N) is 1. The molecule has 0 aromatic heterocycles. The van der Waals surface area contributed by atoms with Gasteiger partial charge in [0.2, 0.25) is 0 Å². The molecule has 2 aromatic carbocycles. The highest BCUT2D eigenvalue weighted by Crippen LogP contribution is 2.17. The molecular weight excluding hydrogens is 250 g/mol. The molecule has 0 heterocycles. The Balaban J connectivity index is 2.01.